The number of carbonyl (C=O) groups is 2. The lowest BCUT2D eigenvalue weighted by molar-refractivity contribution is -0.152. The van der Waals surface area contributed by atoms with Crippen LogP contribution >= 0.6 is 0 Å². The number of hydrogen-bond donors (Lipinski definition) is 3. The number of carbonyl (C=O) groups excluding carboxylic acids is 1. The highest BCUT2D eigenvalue weighted by molar-refractivity contribution is 5.83. The van der Waals surface area contributed by atoms with E-state index in [1.165, 1.54) is 18.2 Å². The van der Waals surface area contributed by atoms with E-state index in [2.05, 4.69) is 5.32 Å². The van der Waals surface area contributed by atoms with Crippen LogP contribution in [0.3, 0.4) is 0 Å². The molecule has 24 heavy (non-hydrogen) atoms. The van der Waals surface area contributed by atoms with Crippen molar-refractivity contribution in [3.8, 4) is 0 Å². The average molecular weight is 347 g/mol. The van der Waals surface area contributed by atoms with E-state index in [4.69, 9.17) is 9.84 Å². The van der Waals surface area contributed by atoms with Crippen molar-refractivity contribution in [3.63, 3.8) is 0 Å². The number of nitrogens with one attached hydrogen (secondary N) is 1. The second-order valence-corrected chi connectivity index (χ2v) is 5.36. The molecule has 1 heterocycles. The van der Waals surface area contributed by atoms with Crippen molar-refractivity contribution in [2.75, 3.05) is 6.61 Å². The number of benzene rings is 1. The monoisotopic (exact) mass is 347 g/mol. The van der Waals surface area contributed by atoms with E-state index in [1.54, 1.807) is 0 Å². The van der Waals surface area contributed by atoms with E-state index in [-0.39, 0.29) is 18.4 Å². The third kappa shape index (κ3) is 4.04. The minimum Gasteiger partial charge on any atom is -0.479 e. The summed E-state index contributed by atoms with van der Waals surface area (Å²) in [5.74, 6) is -1.96. The van der Waals surface area contributed by atoms with Gasteiger partial charge in [-0.1, -0.05) is 18.2 Å². The summed E-state index contributed by atoms with van der Waals surface area (Å²) in [6, 6.07) is 3.32. The molecule has 6 nitrogen and oxygen atoms in total. The number of aliphatic carboxylic acids is 1. The predicted octanol–water partition coefficient (Wildman–Crippen LogP) is 1.49. The fourth-order valence-electron chi connectivity index (χ4n) is 2.56. The maximum Gasteiger partial charge on any atom is 0.416 e. The Bertz CT molecular complexity index is 619. The van der Waals surface area contributed by atoms with Crippen molar-refractivity contribution in [2.24, 2.45) is 0 Å². The highest BCUT2D eigenvalue weighted by atomic mass is 19.4. The molecular formula is C15H16F3NO5. The molecule has 0 aromatic heterocycles. The van der Waals surface area contributed by atoms with Gasteiger partial charge in [-0.05, 0) is 24.5 Å². The molecule has 2 rings (SSSR count). The summed E-state index contributed by atoms with van der Waals surface area (Å²) in [5, 5.41) is 20.5. The summed E-state index contributed by atoms with van der Waals surface area (Å²) in [4.78, 5) is 22.9. The van der Waals surface area contributed by atoms with Crippen LogP contribution in [0.25, 0.3) is 0 Å². The Morgan fingerprint density at radius 3 is 2.42 bits per heavy atom. The molecule has 3 N–H and O–H groups in total. The van der Waals surface area contributed by atoms with Gasteiger partial charge in [0.25, 0.3) is 0 Å². The Morgan fingerprint density at radius 1 is 1.25 bits per heavy atom. The average Bonchev–Trinajstić information content (AvgIpc) is 3.02. The molecule has 0 radical (unpaired) electrons. The lowest BCUT2D eigenvalue weighted by atomic mass is 10.00. The van der Waals surface area contributed by atoms with Crippen molar-refractivity contribution in [3.05, 3.63) is 35.4 Å². The number of carboxylic acids is 1. The number of alkyl halides is 3. The minimum absolute atomic E-state index is 0.135. The van der Waals surface area contributed by atoms with E-state index in [0.29, 0.717) is 0 Å². The van der Waals surface area contributed by atoms with Crippen LogP contribution in [0.5, 0.6) is 0 Å². The van der Waals surface area contributed by atoms with Crippen LogP contribution in [0.1, 0.15) is 30.0 Å². The second kappa shape index (κ2) is 7.18. The maximum atomic E-state index is 13.0. The Hall–Kier alpha value is -2.13. The van der Waals surface area contributed by atoms with Gasteiger partial charge in [0.05, 0.1) is 18.2 Å². The minimum atomic E-state index is -4.63. The van der Waals surface area contributed by atoms with Gasteiger partial charge in [0.2, 0.25) is 5.91 Å². The lowest BCUT2D eigenvalue weighted by Gasteiger charge is -2.22. The summed E-state index contributed by atoms with van der Waals surface area (Å²) in [6.45, 7) is -0.742. The highest BCUT2D eigenvalue weighted by Gasteiger charge is 2.38. The first-order valence-electron chi connectivity index (χ1n) is 7.19. The summed E-state index contributed by atoms with van der Waals surface area (Å²) in [5.41, 5.74) is -1.23. The zero-order valence-corrected chi connectivity index (χ0v) is 12.4. The first-order valence-corrected chi connectivity index (χ1v) is 7.19. The van der Waals surface area contributed by atoms with E-state index in [0.717, 1.165) is 6.07 Å². The van der Waals surface area contributed by atoms with Gasteiger partial charge in [0.1, 0.15) is 6.10 Å². The van der Waals surface area contributed by atoms with Crippen molar-refractivity contribution < 1.29 is 37.7 Å². The first kappa shape index (κ1) is 18.2. The van der Waals surface area contributed by atoms with Crippen LogP contribution in [0.2, 0.25) is 0 Å². The van der Waals surface area contributed by atoms with Gasteiger partial charge < -0.3 is 20.3 Å². The molecule has 1 aromatic rings. The van der Waals surface area contributed by atoms with Gasteiger partial charge in [-0.3, -0.25) is 4.79 Å². The number of hydrogen-bond acceptors (Lipinski definition) is 4. The van der Waals surface area contributed by atoms with Crippen LogP contribution in [0.15, 0.2) is 24.3 Å². The summed E-state index contributed by atoms with van der Waals surface area (Å²) in [6.07, 6.45) is -6.54. The smallest absolute Gasteiger partial charge is 0.416 e. The van der Waals surface area contributed by atoms with Crippen molar-refractivity contribution in [2.45, 2.75) is 37.3 Å². The number of aliphatic hydroxyl groups excluding tert-OH is 1. The molecule has 1 aliphatic rings. The SMILES string of the molecule is O=C(O)[C@@H]1CC[C@H](C(=O)NC(CO)c2ccccc2C(F)(F)F)O1. The quantitative estimate of drug-likeness (QED) is 0.750. The first-order chi connectivity index (χ1) is 11.2. The van der Waals surface area contributed by atoms with E-state index >= 15 is 0 Å². The van der Waals surface area contributed by atoms with E-state index in [1.807, 2.05) is 0 Å². The molecule has 1 aromatic carbocycles. The Kier molecular flexibility index (Phi) is 5.45. The van der Waals surface area contributed by atoms with Crippen molar-refractivity contribution >= 4 is 11.9 Å². The van der Waals surface area contributed by atoms with Gasteiger partial charge in [-0.2, -0.15) is 13.2 Å². The lowest BCUT2D eigenvalue weighted by Crippen LogP contribution is -2.39. The van der Waals surface area contributed by atoms with Crippen molar-refractivity contribution in [1.29, 1.82) is 0 Å². The molecule has 1 aliphatic heterocycles. The molecule has 1 unspecified atom stereocenters. The largest absolute Gasteiger partial charge is 0.479 e. The number of ether oxygens (including phenoxy) is 1. The van der Waals surface area contributed by atoms with Crippen LogP contribution in [0, 0.1) is 0 Å². The fraction of sp³-hybridized carbons (Fsp3) is 0.467. The Balaban J connectivity index is 2.13. The normalized spacial score (nSPS) is 22.2. The zero-order chi connectivity index (χ0) is 17.9. The molecule has 9 heteroatoms. The number of carboxylic acid groups (broad SMARTS) is 1. The number of halogens is 3. The maximum absolute atomic E-state index is 13.0. The summed E-state index contributed by atoms with van der Waals surface area (Å²) >= 11 is 0. The number of rotatable bonds is 5. The molecule has 0 saturated carbocycles. The highest BCUT2D eigenvalue weighted by Crippen LogP contribution is 2.34. The van der Waals surface area contributed by atoms with Crippen LogP contribution in [-0.2, 0) is 20.5 Å². The van der Waals surface area contributed by atoms with Gasteiger partial charge in [-0.15, -0.1) is 0 Å². The molecule has 0 aliphatic carbocycles. The number of amides is 1. The summed E-state index contributed by atoms with van der Waals surface area (Å²) in [7, 11) is 0. The second-order valence-electron chi connectivity index (χ2n) is 5.36. The molecule has 0 spiro atoms. The molecule has 1 amide bonds. The molecule has 0 bridgehead atoms. The molecule has 1 fully saturated rings. The molecular weight excluding hydrogens is 331 g/mol. The van der Waals surface area contributed by atoms with Gasteiger partial charge in [0.15, 0.2) is 6.10 Å². The summed E-state index contributed by atoms with van der Waals surface area (Å²) < 4.78 is 44.2. The Labute approximate surface area is 135 Å². The van der Waals surface area contributed by atoms with Crippen LogP contribution in [-0.4, -0.2) is 40.9 Å². The van der Waals surface area contributed by atoms with Gasteiger partial charge >= 0.3 is 12.1 Å². The fourth-order valence-corrected chi connectivity index (χ4v) is 2.56. The number of aliphatic hydroxyl groups is 1. The third-order valence-electron chi connectivity index (χ3n) is 3.73. The van der Waals surface area contributed by atoms with E-state index in [9.17, 15) is 27.9 Å². The van der Waals surface area contributed by atoms with E-state index < -0.39 is 48.5 Å². The van der Waals surface area contributed by atoms with Gasteiger partial charge in [0, 0.05) is 0 Å². The standard InChI is InChI=1S/C15H16F3NO5/c16-15(17,18)9-4-2-1-3-8(9)10(7-20)19-13(21)11-5-6-12(24-11)14(22)23/h1-4,10-12,20H,5-7H2,(H,19,21)(H,22,23)/t10?,11-,12+/m1/s1. The Morgan fingerprint density at radius 2 is 1.88 bits per heavy atom. The molecule has 3 atom stereocenters. The third-order valence-corrected chi connectivity index (χ3v) is 3.73. The molecule has 1 saturated heterocycles. The van der Waals surface area contributed by atoms with Gasteiger partial charge in [-0.25, -0.2) is 4.79 Å². The zero-order valence-electron chi connectivity index (χ0n) is 12.4. The topological polar surface area (TPSA) is 95.9 Å². The molecule has 132 valence electrons. The van der Waals surface area contributed by atoms with Crippen molar-refractivity contribution in [1.82, 2.24) is 5.32 Å². The van der Waals surface area contributed by atoms with Crippen LogP contribution < -0.4 is 5.32 Å². The predicted molar refractivity (Wildman–Crippen MR) is 74.9 cm³/mol. The van der Waals surface area contributed by atoms with Crippen LogP contribution in [0.4, 0.5) is 13.2 Å².